The standard InChI is InChI=1S/C19H22ClN/c1-3-9-15-13-8-14-16(10-4-2)18(15)21-19(20)17-11-6-5-7-12-17/h5-8,11-14H,3-4,9-10H2,1-2H3/b21-19-. The minimum absolute atomic E-state index is 0.566. The van der Waals surface area contributed by atoms with Crippen LogP contribution in [0.1, 0.15) is 43.4 Å². The highest BCUT2D eigenvalue weighted by atomic mass is 35.5. The molecular formula is C19H22ClN. The maximum atomic E-state index is 6.44. The molecule has 0 amide bonds. The number of hydrogen-bond acceptors (Lipinski definition) is 1. The van der Waals surface area contributed by atoms with Gasteiger partial charge >= 0.3 is 0 Å². The fraction of sp³-hybridized carbons (Fsp3) is 0.316. The van der Waals surface area contributed by atoms with E-state index < -0.39 is 0 Å². The van der Waals surface area contributed by atoms with Crippen molar-refractivity contribution in [3.8, 4) is 0 Å². The van der Waals surface area contributed by atoms with Gasteiger partial charge in [-0.3, -0.25) is 0 Å². The SMILES string of the molecule is CCCc1cccc(CCC)c1/N=C(\Cl)c1ccccc1. The van der Waals surface area contributed by atoms with Crippen molar-refractivity contribution < 1.29 is 0 Å². The van der Waals surface area contributed by atoms with Crippen LogP contribution in [0.25, 0.3) is 0 Å². The third kappa shape index (κ3) is 4.18. The average molecular weight is 300 g/mol. The van der Waals surface area contributed by atoms with Crippen LogP contribution in [0.3, 0.4) is 0 Å². The van der Waals surface area contributed by atoms with Crippen LogP contribution in [0.5, 0.6) is 0 Å². The Balaban J connectivity index is 2.45. The van der Waals surface area contributed by atoms with Crippen molar-refractivity contribution in [3.63, 3.8) is 0 Å². The summed E-state index contributed by atoms with van der Waals surface area (Å²) in [5, 5.41) is 0.566. The molecule has 2 rings (SSSR count). The molecule has 2 aromatic carbocycles. The lowest BCUT2D eigenvalue weighted by atomic mass is 10.0. The number of aryl methyl sites for hydroxylation is 2. The average Bonchev–Trinajstić information content (AvgIpc) is 2.51. The van der Waals surface area contributed by atoms with Gasteiger partial charge in [-0.25, -0.2) is 4.99 Å². The van der Waals surface area contributed by atoms with Gasteiger partial charge in [-0.05, 0) is 24.0 Å². The first-order valence-corrected chi connectivity index (χ1v) is 8.04. The Hall–Kier alpha value is -1.60. The van der Waals surface area contributed by atoms with Crippen LogP contribution in [0, 0.1) is 0 Å². The predicted molar refractivity (Wildman–Crippen MR) is 92.9 cm³/mol. The molecule has 0 saturated carbocycles. The summed E-state index contributed by atoms with van der Waals surface area (Å²) in [5.41, 5.74) is 4.61. The molecule has 0 fully saturated rings. The summed E-state index contributed by atoms with van der Waals surface area (Å²) in [4.78, 5) is 4.75. The zero-order valence-electron chi connectivity index (χ0n) is 12.8. The lowest BCUT2D eigenvalue weighted by molar-refractivity contribution is 0.895. The lowest BCUT2D eigenvalue weighted by Crippen LogP contribution is -1.95. The molecule has 1 nitrogen and oxygen atoms in total. The minimum atomic E-state index is 0.566. The van der Waals surface area contributed by atoms with E-state index in [0.29, 0.717) is 5.17 Å². The highest BCUT2D eigenvalue weighted by molar-refractivity contribution is 6.69. The van der Waals surface area contributed by atoms with Gasteiger partial charge < -0.3 is 0 Å². The molecule has 0 saturated heterocycles. The van der Waals surface area contributed by atoms with Gasteiger partial charge in [0.1, 0.15) is 5.17 Å². The Labute approximate surface area is 132 Å². The molecule has 0 spiro atoms. The second-order valence-electron chi connectivity index (χ2n) is 5.19. The molecule has 0 bridgehead atoms. The first kappa shape index (κ1) is 15.8. The summed E-state index contributed by atoms with van der Waals surface area (Å²) < 4.78 is 0. The normalized spacial score (nSPS) is 11.7. The van der Waals surface area contributed by atoms with Gasteiger partial charge in [-0.2, -0.15) is 0 Å². The van der Waals surface area contributed by atoms with Crippen LogP contribution in [-0.2, 0) is 12.8 Å². The maximum absolute atomic E-state index is 6.44. The molecule has 0 heterocycles. The van der Waals surface area contributed by atoms with Crippen molar-refractivity contribution in [2.75, 3.05) is 0 Å². The van der Waals surface area contributed by atoms with E-state index in [2.05, 4.69) is 32.0 Å². The van der Waals surface area contributed by atoms with Crippen LogP contribution in [0.2, 0.25) is 0 Å². The maximum Gasteiger partial charge on any atom is 0.136 e. The summed E-state index contributed by atoms with van der Waals surface area (Å²) in [5.74, 6) is 0. The van der Waals surface area contributed by atoms with Gasteiger partial charge in [-0.1, -0.05) is 86.8 Å². The molecule has 2 heteroatoms. The quantitative estimate of drug-likeness (QED) is 0.588. The Kier molecular flexibility index (Phi) is 6.01. The van der Waals surface area contributed by atoms with Crippen molar-refractivity contribution in [2.45, 2.75) is 39.5 Å². The van der Waals surface area contributed by atoms with Gasteiger partial charge in [-0.15, -0.1) is 0 Å². The number of benzene rings is 2. The van der Waals surface area contributed by atoms with Crippen molar-refractivity contribution in [2.24, 2.45) is 4.99 Å². The highest BCUT2D eigenvalue weighted by Gasteiger charge is 2.08. The molecular weight excluding hydrogens is 278 g/mol. The summed E-state index contributed by atoms with van der Waals surface area (Å²) >= 11 is 6.44. The van der Waals surface area contributed by atoms with E-state index >= 15 is 0 Å². The fourth-order valence-electron chi connectivity index (χ4n) is 2.47. The molecule has 0 aromatic heterocycles. The molecule has 110 valence electrons. The van der Waals surface area contributed by atoms with Gasteiger partial charge in [0.25, 0.3) is 0 Å². The van der Waals surface area contributed by atoms with Crippen LogP contribution in [0.15, 0.2) is 53.5 Å². The Bertz CT molecular complexity index is 578. The molecule has 0 atom stereocenters. The first-order valence-electron chi connectivity index (χ1n) is 7.66. The second kappa shape index (κ2) is 7.99. The number of rotatable bonds is 6. The van der Waals surface area contributed by atoms with Crippen molar-refractivity contribution in [3.05, 3.63) is 65.2 Å². The van der Waals surface area contributed by atoms with Gasteiger partial charge in [0, 0.05) is 5.56 Å². The zero-order valence-corrected chi connectivity index (χ0v) is 13.5. The first-order chi connectivity index (χ1) is 10.3. The number of aliphatic imine (C=N–C) groups is 1. The largest absolute Gasteiger partial charge is 0.236 e. The third-order valence-electron chi connectivity index (χ3n) is 3.46. The topological polar surface area (TPSA) is 12.4 Å². The number of nitrogens with zero attached hydrogens (tertiary/aromatic N) is 1. The van der Waals surface area contributed by atoms with Crippen LogP contribution in [0.4, 0.5) is 5.69 Å². The van der Waals surface area contributed by atoms with E-state index in [9.17, 15) is 0 Å². The van der Waals surface area contributed by atoms with Crippen LogP contribution in [-0.4, -0.2) is 5.17 Å². The Morgan fingerprint density at radius 2 is 1.43 bits per heavy atom. The van der Waals surface area contributed by atoms with E-state index in [1.807, 2.05) is 30.3 Å². The Morgan fingerprint density at radius 3 is 1.95 bits per heavy atom. The van der Waals surface area contributed by atoms with Crippen LogP contribution < -0.4 is 0 Å². The van der Waals surface area contributed by atoms with E-state index in [-0.39, 0.29) is 0 Å². The van der Waals surface area contributed by atoms with Crippen molar-refractivity contribution in [1.29, 1.82) is 0 Å². The van der Waals surface area contributed by atoms with E-state index in [1.165, 1.54) is 11.1 Å². The molecule has 0 aliphatic rings. The van der Waals surface area contributed by atoms with E-state index in [1.54, 1.807) is 0 Å². The summed E-state index contributed by atoms with van der Waals surface area (Å²) in [7, 11) is 0. The highest BCUT2D eigenvalue weighted by Crippen LogP contribution is 2.28. The molecule has 0 aliphatic heterocycles. The van der Waals surface area contributed by atoms with Gasteiger partial charge in [0.05, 0.1) is 5.69 Å². The molecule has 0 radical (unpaired) electrons. The minimum Gasteiger partial charge on any atom is -0.236 e. The summed E-state index contributed by atoms with van der Waals surface area (Å²) in [6, 6.07) is 16.4. The Morgan fingerprint density at radius 1 is 0.857 bits per heavy atom. The fourth-order valence-corrected chi connectivity index (χ4v) is 2.68. The van der Waals surface area contributed by atoms with Crippen molar-refractivity contribution in [1.82, 2.24) is 0 Å². The summed E-state index contributed by atoms with van der Waals surface area (Å²) in [6.07, 6.45) is 4.30. The smallest absolute Gasteiger partial charge is 0.136 e. The predicted octanol–water partition coefficient (Wildman–Crippen LogP) is 5.91. The molecule has 0 unspecified atom stereocenters. The zero-order chi connectivity index (χ0) is 15.1. The van der Waals surface area contributed by atoms with E-state index in [0.717, 1.165) is 36.9 Å². The number of halogens is 1. The van der Waals surface area contributed by atoms with Crippen molar-refractivity contribution >= 4 is 22.5 Å². The molecule has 0 aliphatic carbocycles. The van der Waals surface area contributed by atoms with Crippen LogP contribution >= 0.6 is 11.6 Å². The van der Waals surface area contributed by atoms with E-state index in [4.69, 9.17) is 16.6 Å². The second-order valence-corrected chi connectivity index (χ2v) is 5.55. The monoisotopic (exact) mass is 299 g/mol. The molecule has 2 aromatic rings. The van der Waals surface area contributed by atoms with Gasteiger partial charge in [0.2, 0.25) is 0 Å². The molecule has 21 heavy (non-hydrogen) atoms. The number of hydrogen-bond donors (Lipinski definition) is 0. The molecule has 0 N–H and O–H groups in total. The third-order valence-corrected chi connectivity index (χ3v) is 3.77. The number of para-hydroxylation sites is 1. The lowest BCUT2D eigenvalue weighted by Gasteiger charge is -2.11. The summed E-state index contributed by atoms with van der Waals surface area (Å²) in [6.45, 7) is 4.39. The van der Waals surface area contributed by atoms with Gasteiger partial charge in [0.15, 0.2) is 0 Å².